The lowest BCUT2D eigenvalue weighted by molar-refractivity contribution is -0.121. The number of carbonyl (C=O) groups is 1. The van der Waals surface area contributed by atoms with Gasteiger partial charge in [-0.15, -0.1) is 0 Å². The molecule has 0 aromatic heterocycles. The summed E-state index contributed by atoms with van der Waals surface area (Å²) in [5, 5.41) is 3.86. The molecule has 82 valence electrons. The van der Waals surface area contributed by atoms with E-state index in [1.807, 2.05) is 25.1 Å². The summed E-state index contributed by atoms with van der Waals surface area (Å²) >= 11 is 0. The van der Waals surface area contributed by atoms with Crippen molar-refractivity contribution in [2.45, 2.75) is 6.92 Å². The number of fused-ring (bicyclic) bond motifs is 4. The van der Waals surface area contributed by atoms with Crippen LogP contribution in [0.4, 0.5) is 0 Å². The summed E-state index contributed by atoms with van der Waals surface area (Å²) in [5.74, 6) is 0.515. The molecule has 0 aliphatic carbocycles. The molecule has 4 heteroatoms. The van der Waals surface area contributed by atoms with E-state index >= 15 is 0 Å². The Morgan fingerprint density at radius 1 is 1.38 bits per heavy atom. The Morgan fingerprint density at radius 3 is 3.12 bits per heavy atom. The molecule has 16 heavy (non-hydrogen) atoms. The highest BCUT2D eigenvalue weighted by Crippen LogP contribution is 2.28. The van der Waals surface area contributed by atoms with Crippen LogP contribution in [0.2, 0.25) is 0 Å². The SMILES string of the molecule is Cc1ccc2c(c1)C1=NOCC(CO2)C1=O. The van der Waals surface area contributed by atoms with Gasteiger partial charge >= 0.3 is 0 Å². The van der Waals surface area contributed by atoms with Gasteiger partial charge in [-0.3, -0.25) is 4.79 Å². The average molecular weight is 217 g/mol. The number of hydrogen-bond donors (Lipinski definition) is 0. The van der Waals surface area contributed by atoms with Gasteiger partial charge in [0.25, 0.3) is 0 Å². The molecule has 2 heterocycles. The number of nitrogens with zero attached hydrogens (tertiary/aromatic N) is 1. The molecular formula is C12H11NO3. The second-order valence-corrected chi connectivity index (χ2v) is 4.11. The number of benzene rings is 1. The van der Waals surface area contributed by atoms with E-state index in [0.29, 0.717) is 24.7 Å². The zero-order valence-electron chi connectivity index (χ0n) is 8.90. The van der Waals surface area contributed by atoms with Crippen LogP contribution in [-0.2, 0) is 9.63 Å². The molecule has 0 amide bonds. The fourth-order valence-corrected chi connectivity index (χ4v) is 1.96. The van der Waals surface area contributed by atoms with Crippen LogP contribution in [-0.4, -0.2) is 24.7 Å². The van der Waals surface area contributed by atoms with Crippen LogP contribution in [0, 0.1) is 12.8 Å². The van der Waals surface area contributed by atoms with Crippen molar-refractivity contribution in [2.24, 2.45) is 11.1 Å². The van der Waals surface area contributed by atoms with Crippen LogP contribution < -0.4 is 4.74 Å². The first-order valence-electron chi connectivity index (χ1n) is 5.23. The Morgan fingerprint density at radius 2 is 2.25 bits per heavy atom. The van der Waals surface area contributed by atoms with E-state index in [1.165, 1.54) is 0 Å². The topological polar surface area (TPSA) is 47.9 Å². The molecule has 1 unspecified atom stereocenters. The molecule has 1 atom stereocenters. The van der Waals surface area contributed by atoms with Crippen molar-refractivity contribution in [3.05, 3.63) is 29.3 Å². The number of oxime groups is 1. The van der Waals surface area contributed by atoms with Gasteiger partial charge < -0.3 is 9.57 Å². The Bertz CT molecular complexity index is 493. The highest BCUT2D eigenvalue weighted by atomic mass is 16.6. The Labute approximate surface area is 92.8 Å². The summed E-state index contributed by atoms with van der Waals surface area (Å²) < 4.78 is 5.61. The van der Waals surface area contributed by atoms with Crippen molar-refractivity contribution < 1.29 is 14.4 Å². The van der Waals surface area contributed by atoms with E-state index in [2.05, 4.69) is 5.16 Å². The zero-order chi connectivity index (χ0) is 11.1. The Kier molecular flexibility index (Phi) is 1.96. The minimum absolute atomic E-state index is 0.0237. The minimum Gasteiger partial charge on any atom is -0.492 e. The number of carbonyl (C=O) groups excluding carboxylic acids is 1. The van der Waals surface area contributed by atoms with Gasteiger partial charge in [0.05, 0.1) is 5.92 Å². The number of hydrogen-bond acceptors (Lipinski definition) is 4. The van der Waals surface area contributed by atoms with Crippen molar-refractivity contribution in [1.82, 2.24) is 0 Å². The molecule has 0 N–H and O–H groups in total. The molecule has 2 aliphatic heterocycles. The van der Waals surface area contributed by atoms with Gasteiger partial charge in [0.1, 0.15) is 19.0 Å². The fraction of sp³-hybridized carbons (Fsp3) is 0.333. The maximum atomic E-state index is 12.0. The quantitative estimate of drug-likeness (QED) is 0.658. The third-order valence-electron chi connectivity index (χ3n) is 2.87. The smallest absolute Gasteiger partial charge is 0.195 e. The summed E-state index contributed by atoms with van der Waals surface area (Å²) in [6, 6.07) is 5.74. The van der Waals surface area contributed by atoms with E-state index in [-0.39, 0.29) is 11.7 Å². The first kappa shape index (κ1) is 9.39. The fourth-order valence-electron chi connectivity index (χ4n) is 1.96. The van der Waals surface area contributed by atoms with E-state index in [1.54, 1.807) is 0 Å². The first-order chi connectivity index (χ1) is 7.75. The van der Waals surface area contributed by atoms with Gasteiger partial charge in [0.15, 0.2) is 11.5 Å². The van der Waals surface area contributed by atoms with Crippen molar-refractivity contribution in [2.75, 3.05) is 13.2 Å². The third kappa shape index (κ3) is 1.30. The molecule has 0 saturated heterocycles. The molecule has 3 rings (SSSR count). The van der Waals surface area contributed by atoms with Crippen molar-refractivity contribution in [1.29, 1.82) is 0 Å². The first-order valence-corrected chi connectivity index (χ1v) is 5.23. The second-order valence-electron chi connectivity index (χ2n) is 4.11. The van der Waals surface area contributed by atoms with Crippen LogP contribution >= 0.6 is 0 Å². The molecule has 4 nitrogen and oxygen atoms in total. The summed E-state index contributed by atoms with van der Waals surface area (Å²) in [6.07, 6.45) is 0. The van der Waals surface area contributed by atoms with Crippen molar-refractivity contribution in [3.8, 4) is 5.75 Å². The monoisotopic (exact) mass is 217 g/mol. The summed E-state index contributed by atoms with van der Waals surface area (Å²) in [5.41, 5.74) is 2.21. The van der Waals surface area contributed by atoms with Crippen LogP contribution in [0.3, 0.4) is 0 Å². The molecule has 1 aromatic carbocycles. The summed E-state index contributed by atoms with van der Waals surface area (Å²) in [4.78, 5) is 17.1. The molecule has 2 aliphatic rings. The van der Waals surface area contributed by atoms with Crippen LogP contribution in [0.1, 0.15) is 11.1 Å². The molecule has 0 fully saturated rings. The van der Waals surface area contributed by atoms with Crippen LogP contribution in [0.15, 0.2) is 23.4 Å². The number of aryl methyl sites for hydroxylation is 1. The molecule has 0 saturated carbocycles. The Hall–Kier alpha value is -1.84. The number of ether oxygens (including phenoxy) is 1. The molecule has 2 bridgehead atoms. The molecule has 0 radical (unpaired) electrons. The van der Waals surface area contributed by atoms with Crippen molar-refractivity contribution in [3.63, 3.8) is 0 Å². The Balaban J connectivity index is 2.20. The minimum atomic E-state index is -0.222. The number of rotatable bonds is 0. The normalized spacial score (nSPS) is 22.4. The molecular weight excluding hydrogens is 206 g/mol. The maximum Gasteiger partial charge on any atom is 0.195 e. The van der Waals surface area contributed by atoms with E-state index in [0.717, 1.165) is 11.1 Å². The predicted octanol–water partition coefficient (Wildman–Crippen LogP) is 1.31. The standard InChI is InChI=1S/C12H11NO3/c1-7-2-3-10-9(4-7)11-12(14)8(5-15-10)6-16-13-11/h2-4,8H,5-6H2,1H3. The number of Topliss-reactive ketones (excluding diaryl/α,β-unsaturated/α-hetero) is 1. The highest BCUT2D eigenvalue weighted by molar-refractivity contribution is 6.47. The summed E-state index contributed by atoms with van der Waals surface area (Å²) in [7, 11) is 0. The predicted molar refractivity (Wildman–Crippen MR) is 57.7 cm³/mol. The average Bonchev–Trinajstić information content (AvgIpc) is 2.36. The lowest BCUT2D eigenvalue weighted by Crippen LogP contribution is -2.33. The highest BCUT2D eigenvalue weighted by Gasteiger charge is 2.34. The number of ketones is 1. The lowest BCUT2D eigenvalue weighted by Gasteiger charge is -2.15. The van der Waals surface area contributed by atoms with E-state index in [4.69, 9.17) is 9.57 Å². The van der Waals surface area contributed by atoms with E-state index < -0.39 is 0 Å². The van der Waals surface area contributed by atoms with E-state index in [9.17, 15) is 4.79 Å². The van der Waals surface area contributed by atoms with Gasteiger partial charge in [-0.25, -0.2) is 0 Å². The van der Waals surface area contributed by atoms with Crippen LogP contribution in [0.5, 0.6) is 5.75 Å². The van der Waals surface area contributed by atoms with Gasteiger partial charge in [-0.2, -0.15) is 0 Å². The maximum absolute atomic E-state index is 12.0. The molecule has 0 spiro atoms. The van der Waals surface area contributed by atoms with Crippen molar-refractivity contribution >= 4 is 11.5 Å². The van der Waals surface area contributed by atoms with Crippen LogP contribution in [0.25, 0.3) is 0 Å². The zero-order valence-corrected chi connectivity index (χ0v) is 8.90. The van der Waals surface area contributed by atoms with Gasteiger partial charge in [-0.1, -0.05) is 16.8 Å². The summed E-state index contributed by atoms with van der Waals surface area (Å²) in [6.45, 7) is 2.65. The largest absolute Gasteiger partial charge is 0.492 e. The lowest BCUT2D eigenvalue weighted by atomic mass is 9.96. The van der Waals surface area contributed by atoms with Gasteiger partial charge in [-0.05, 0) is 19.1 Å². The second kappa shape index (κ2) is 3.33. The van der Waals surface area contributed by atoms with Gasteiger partial charge in [0.2, 0.25) is 0 Å². The molecule has 1 aromatic rings. The third-order valence-corrected chi connectivity index (χ3v) is 2.87. The van der Waals surface area contributed by atoms with Gasteiger partial charge in [0, 0.05) is 5.56 Å².